The van der Waals surface area contributed by atoms with Gasteiger partial charge >= 0.3 is 0 Å². The molecule has 3 heterocycles. The summed E-state index contributed by atoms with van der Waals surface area (Å²) in [4.78, 5) is 13.6. The van der Waals surface area contributed by atoms with Crippen LogP contribution < -0.4 is 5.32 Å². The number of ether oxygens (including phenoxy) is 1. The van der Waals surface area contributed by atoms with Gasteiger partial charge in [0.1, 0.15) is 5.82 Å². The summed E-state index contributed by atoms with van der Waals surface area (Å²) < 4.78 is 7.75. The van der Waals surface area contributed by atoms with Gasteiger partial charge in [0.05, 0.1) is 10.4 Å². The van der Waals surface area contributed by atoms with E-state index in [4.69, 9.17) is 16.3 Å². The zero-order valence-corrected chi connectivity index (χ0v) is 18.8. The Kier molecular flexibility index (Phi) is 5.98. The third-order valence-corrected chi connectivity index (χ3v) is 7.01. The molecule has 0 spiro atoms. The number of benzene rings is 2. The third-order valence-electron chi connectivity index (χ3n) is 6.68. The van der Waals surface area contributed by atoms with Crippen LogP contribution in [0.15, 0.2) is 48.5 Å². The van der Waals surface area contributed by atoms with Crippen LogP contribution in [0.5, 0.6) is 0 Å². The molecule has 0 aliphatic carbocycles. The number of aryl methyl sites for hydroxylation is 1. The van der Waals surface area contributed by atoms with Gasteiger partial charge in [-0.2, -0.15) is 0 Å². The van der Waals surface area contributed by atoms with Gasteiger partial charge < -0.3 is 14.6 Å². The number of anilines is 1. The predicted octanol–water partition coefficient (Wildman–Crippen LogP) is 5.01. The van der Waals surface area contributed by atoms with E-state index in [0.717, 1.165) is 48.6 Å². The van der Waals surface area contributed by atoms with E-state index in [2.05, 4.69) is 20.1 Å². The molecule has 3 aromatic rings. The van der Waals surface area contributed by atoms with Crippen molar-refractivity contribution < 1.29 is 9.53 Å². The Morgan fingerprint density at radius 1 is 1.03 bits per heavy atom. The molecule has 0 atom stereocenters. The van der Waals surface area contributed by atoms with Gasteiger partial charge in [0.2, 0.25) is 5.91 Å². The fraction of sp³-hybridized carbons (Fsp3) is 0.400. The van der Waals surface area contributed by atoms with E-state index in [-0.39, 0.29) is 5.91 Å². The monoisotopic (exact) mass is 450 g/mol. The minimum atomic E-state index is -0.606. The standard InChI is InChI=1S/C25H27ClN4O2/c26-21-11-10-19(17-20(21)23-29-28-22-9-5-2-6-14-30(22)23)27-24(31)25(12-15-32-16-13-25)18-7-3-1-4-8-18/h1,3-4,7-8,10-11,17H,2,5-6,9,12-16H2,(H,27,31). The number of halogens is 1. The maximum absolute atomic E-state index is 13.6. The first-order valence-corrected chi connectivity index (χ1v) is 11.7. The summed E-state index contributed by atoms with van der Waals surface area (Å²) in [5, 5.41) is 12.6. The molecule has 32 heavy (non-hydrogen) atoms. The van der Waals surface area contributed by atoms with E-state index >= 15 is 0 Å². The first-order valence-electron chi connectivity index (χ1n) is 11.3. The number of fused-ring (bicyclic) bond motifs is 1. The van der Waals surface area contributed by atoms with E-state index < -0.39 is 5.41 Å². The zero-order chi connectivity index (χ0) is 22.0. The lowest BCUT2D eigenvalue weighted by Gasteiger charge is -2.36. The van der Waals surface area contributed by atoms with Crippen LogP contribution in [0.25, 0.3) is 11.4 Å². The summed E-state index contributed by atoms with van der Waals surface area (Å²) in [7, 11) is 0. The van der Waals surface area contributed by atoms with Crippen LogP contribution in [-0.4, -0.2) is 33.9 Å². The van der Waals surface area contributed by atoms with Crippen LogP contribution >= 0.6 is 11.6 Å². The second-order valence-electron chi connectivity index (χ2n) is 8.61. The van der Waals surface area contributed by atoms with Crippen molar-refractivity contribution in [2.45, 2.75) is 50.5 Å². The Morgan fingerprint density at radius 2 is 1.84 bits per heavy atom. The lowest BCUT2D eigenvalue weighted by molar-refractivity contribution is -0.125. The summed E-state index contributed by atoms with van der Waals surface area (Å²) in [6.07, 6.45) is 5.67. The Bertz CT molecular complexity index is 1110. The molecule has 6 nitrogen and oxygen atoms in total. The molecule has 1 amide bonds. The van der Waals surface area contributed by atoms with Crippen molar-refractivity contribution in [1.29, 1.82) is 0 Å². The van der Waals surface area contributed by atoms with Gasteiger partial charge in [0.25, 0.3) is 0 Å². The number of aromatic nitrogens is 3. The van der Waals surface area contributed by atoms with Crippen molar-refractivity contribution in [3.63, 3.8) is 0 Å². The van der Waals surface area contributed by atoms with E-state index in [9.17, 15) is 4.79 Å². The van der Waals surface area contributed by atoms with Crippen molar-refractivity contribution in [3.05, 3.63) is 64.9 Å². The Hall–Kier alpha value is -2.70. The van der Waals surface area contributed by atoms with Gasteiger partial charge in [0, 0.05) is 37.4 Å². The molecule has 2 aliphatic rings. The molecule has 0 radical (unpaired) electrons. The van der Waals surface area contributed by atoms with E-state index in [1.165, 1.54) is 6.42 Å². The Morgan fingerprint density at radius 3 is 2.66 bits per heavy atom. The molecule has 1 fully saturated rings. The largest absolute Gasteiger partial charge is 0.381 e. The molecule has 2 aliphatic heterocycles. The van der Waals surface area contributed by atoms with Crippen molar-refractivity contribution in [3.8, 4) is 11.4 Å². The molecule has 0 bridgehead atoms. The molecule has 1 aromatic heterocycles. The maximum Gasteiger partial charge on any atom is 0.235 e. The van der Waals surface area contributed by atoms with Crippen LogP contribution in [0, 0.1) is 0 Å². The fourth-order valence-electron chi connectivity index (χ4n) is 4.83. The van der Waals surface area contributed by atoms with Gasteiger partial charge in [-0.1, -0.05) is 48.4 Å². The smallest absolute Gasteiger partial charge is 0.235 e. The second kappa shape index (κ2) is 9.04. The molecule has 2 aromatic carbocycles. The van der Waals surface area contributed by atoms with E-state index in [1.54, 1.807) is 0 Å². The molecule has 1 saturated heterocycles. The van der Waals surface area contributed by atoms with Crippen LogP contribution in [-0.2, 0) is 27.9 Å². The molecular weight excluding hydrogens is 424 g/mol. The lowest BCUT2D eigenvalue weighted by Crippen LogP contribution is -2.44. The molecule has 1 N–H and O–H groups in total. The van der Waals surface area contributed by atoms with Crippen molar-refractivity contribution in [2.75, 3.05) is 18.5 Å². The molecule has 166 valence electrons. The average molecular weight is 451 g/mol. The number of nitrogens with one attached hydrogen (secondary N) is 1. The highest BCUT2D eigenvalue weighted by atomic mass is 35.5. The summed E-state index contributed by atoms with van der Waals surface area (Å²) in [6.45, 7) is 2.03. The number of amides is 1. The van der Waals surface area contributed by atoms with Gasteiger partial charge in [-0.05, 0) is 49.4 Å². The number of hydrogen-bond acceptors (Lipinski definition) is 4. The van der Waals surface area contributed by atoms with E-state index in [0.29, 0.717) is 36.8 Å². The molecule has 7 heteroatoms. The zero-order valence-electron chi connectivity index (χ0n) is 18.0. The van der Waals surface area contributed by atoms with Crippen LogP contribution in [0.2, 0.25) is 5.02 Å². The Labute approximate surface area is 193 Å². The number of carbonyl (C=O) groups is 1. The van der Waals surface area contributed by atoms with Crippen LogP contribution in [0.1, 0.15) is 43.5 Å². The predicted molar refractivity (Wildman–Crippen MR) is 125 cm³/mol. The number of nitrogens with zero attached hydrogens (tertiary/aromatic N) is 3. The first kappa shape index (κ1) is 21.2. The molecule has 0 unspecified atom stereocenters. The van der Waals surface area contributed by atoms with Gasteiger partial charge in [-0.15, -0.1) is 10.2 Å². The van der Waals surface area contributed by atoms with Crippen LogP contribution in [0.3, 0.4) is 0 Å². The normalized spacial score (nSPS) is 17.9. The van der Waals surface area contributed by atoms with Crippen molar-refractivity contribution in [2.24, 2.45) is 0 Å². The molecular formula is C25H27ClN4O2. The highest BCUT2D eigenvalue weighted by Crippen LogP contribution is 2.37. The van der Waals surface area contributed by atoms with Gasteiger partial charge in [0.15, 0.2) is 5.82 Å². The molecule has 0 saturated carbocycles. The summed E-state index contributed by atoms with van der Waals surface area (Å²) in [5.74, 6) is 1.76. The van der Waals surface area contributed by atoms with Gasteiger partial charge in [-0.25, -0.2) is 0 Å². The minimum Gasteiger partial charge on any atom is -0.381 e. The summed E-state index contributed by atoms with van der Waals surface area (Å²) in [5.41, 5.74) is 1.93. The number of rotatable bonds is 4. The topological polar surface area (TPSA) is 69.0 Å². The number of hydrogen-bond donors (Lipinski definition) is 1. The third kappa shape index (κ3) is 3.93. The summed E-state index contributed by atoms with van der Waals surface area (Å²) in [6, 6.07) is 15.6. The minimum absolute atomic E-state index is 0.0136. The SMILES string of the molecule is O=C(Nc1ccc(Cl)c(-c2nnc3n2CCCCC3)c1)C1(c2ccccc2)CCOCC1. The second-order valence-corrected chi connectivity index (χ2v) is 9.02. The van der Waals surface area contributed by atoms with Crippen LogP contribution in [0.4, 0.5) is 5.69 Å². The maximum atomic E-state index is 13.6. The van der Waals surface area contributed by atoms with Crippen molar-refractivity contribution in [1.82, 2.24) is 14.8 Å². The van der Waals surface area contributed by atoms with E-state index in [1.807, 2.05) is 48.5 Å². The fourth-order valence-corrected chi connectivity index (χ4v) is 5.04. The highest BCUT2D eigenvalue weighted by Gasteiger charge is 2.41. The average Bonchev–Trinajstić information content (AvgIpc) is 3.08. The van der Waals surface area contributed by atoms with Crippen molar-refractivity contribution >= 4 is 23.2 Å². The first-order chi connectivity index (χ1) is 15.7. The highest BCUT2D eigenvalue weighted by molar-refractivity contribution is 6.33. The lowest BCUT2D eigenvalue weighted by atomic mass is 9.73. The Balaban J connectivity index is 1.46. The quantitative estimate of drug-likeness (QED) is 0.606. The number of carbonyl (C=O) groups excluding carboxylic acids is 1. The molecule has 5 rings (SSSR count). The summed E-state index contributed by atoms with van der Waals surface area (Å²) >= 11 is 6.57. The van der Waals surface area contributed by atoms with Gasteiger partial charge in [-0.3, -0.25) is 4.79 Å².